The number of hydrogen-bond acceptors (Lipinski definition) is 7. The fourth-order valence-electron chi connectivity index (χ4n) is 4.90. The van der Waals surface area contributed by atoms with Crippen molar-refractivity contribution in [3.05, 3.63) is 148 Å². The summed E-state index contributed by atoms with van der Waals surface area (Å²) in [4.78, 5) is 41.1. The van der Waals surface area contributed by atoms with Gasteiger partial charge in [-0.2, -0.15) is 0 Å². The van der Waals surface area contributed by atoms with Crippen LogP contribution in [0.5, 0.6) is 17.2 Å². The first-order valence-electron chi connectivity index (χ1n) is 15.5. The summed E-state index contributed by atoms with van der Waals surface area (Å²) < 4.78 is 31.5. The normalized spacial score (nSPS) is 11.6. The maximum Gasteiger partial charge on any atom is 0.272 e. The second-order valence-corrected chi connectivity index (χ2v) is 12.9. The number of nitrogens with one attached hydrogen (secondary N) is 3. The monoisotopic (exact) mass is 769 g/mol. The van der Waals surface area contributed by atoms with E-state index in [9.17, 15) is 18.8 Å². The zero-order valence-electron chi connectivity index (χ0n) is 27.7. The number of methoxy groups -OCH3 is 3. The minimum Gasteiger partial charge on any atom is -0.496 e. The van der Waals surface area contributed by atoms with Gasteiger partial charge in [0.1, 0.15) is 22.5 Å². The van der Waals surface area contributed by atoms with Crippen LogP contribution < -0.4 is 30.2 Å². The van der Waals surface area contributed by atoms with Gasteiger partial charge in [-0.05, 0) is 72.3 Å². The van der Waals surface area contributed by atoms with Crippen molar-refractivity contribution in [2.24, 2.45) is 0 Å². The predicted octanol–water partition coefficient (Wildman–Crippen LogP) is 8.50. The van der Waals surface area contributed by atoms with E-state index < -0.39 is 28.8 Å². The smallest absolute Gasteiger partial charge is 0.272 e. The molecule has 51 heavy (non-hydrogen) atoms. The highest BCUT2D eigenvalue weighted by Gasteiger charge is 2.24. The summed E-state index contributed by atoms with van der Waals surface area (Å²) in [6, 6.07) is 32.2. The van der Waals surface area contributed by atoms with Gasteiger partial charge >= 0.3 is 0 Å². The van der Waals surface area contributed by atoms with Crippen LogP contribution in [-0.4, -0.2) is 39.1 Å². The Morgan fingerprint density at radius 2 is 1.37 bits per heavy atom. The van der Waals surface area contributed by atoms with Crippen LogP contribution in [0.3, 0.4) is 0 Å². The third-order valence-electron chi connectivity index (χ3n) is 7.46. The van der Waals surface area contributed by atoms with Gasteiger partial charge in [0.15, 0.2) is 11.5 Å². The molecular weight excluding hydrogens is 737 g/mol. The molecule has 5 aromatic carbocycles. The molecule has 3 N–H and O–H groups in total. The van der Waals surface area contributed by atoms with Gasteiger partial charge in [0.2, 0.25) is 5.91 Å². The van der Waals surface area contributed by atoms with Gasteiger partial charge in [-0.3, -0.25) is 14.4 Å². The van der Waals surface area contributed by atoms with Crippen molar-refractivity contribution in [1.82, 2.24) is 5.32 Å². The van der Waals surface area contributed by atoms with Crippen LogP contribution in [0.15, 0.2) is 130 Å². The highest BCUT2D eigenvalue weighted by molar-refractivity contribution is 9.10. The Bertz CT molecular complexity index is 2050. The first-order valence-corrected chi connectivity index (χ1v) is 17.1. The molecular formula is C39H33BrFN3O6S. The zero-order valence-corrected chi connectivity index (χ0v) is 30.1. The molecule has 0 saturated heterocycles. The number of carbonyl (C=O) groups excluding carboxylic acids is 3. The van der Waals surface area contributed by atoms with Crippen LogP contribution in [0.2, 0.25) is 0 Å². The molecule has 0 heterocycles. The lowest BCUT2D eigenvalue weighted by molar-refractivity contribution is -0.116. The second-order valence-electron chi connectivity index (χ2n) is 10.8. The summed E-state index contributed by atoms with van der Waals surface area (Å²) in [5, 5.41) is 7.54. The summed E-state index contributed by atoms with van der Waals surface area (Å²) in [7, 11) is 4.46. The van der Waals surface area contributed by atoms with Gasteiger partial charge in [-0.1, -0.05) is 64.5 Å². The van der Waals surface area contributed by atoms with Crippen LogP contribution in [-0.2, 0) is 9.59 Å². The molecule has 1 atom stereocenters. The Hall–Kier alpha value is -5.59. The summed E-state index contributed by atoms with van der Waals surface area (Å²) >= 11 is 4.50. The largest absolute Gasteiger partial charge is 0.496 e. The van der Waals surface area contributed by atoms with Crippen molar-refractivity contribution >= 4 is 62.9 Å². The van der Waals surface area contributed by atoms with Crippen molar-refractivity contribution in [1.29, 1.82) is 0 Å². The van der Waals surface area contributed by atoms with E-state index in [4.69, 9.17) is 14.2 Å². The lowest BCUT2D eigenvalue weighted by Crippen LogP contribution is -2.30. The van der Waals surface area contributed by atoms with Crippen LogP contribution in [0.4, 0.5) is 15.8 Å². The average molecular weight is 771 g/mol. The van der Waals surface area contributed by atoms with Crippen LogP contribution >= 0.6 is 27.7 Å². The molecule has 0 radical (unpaired) electrons. The van der Waals surface area contributed by atoms with Crippen molar-refractivity contribution in [3.8, 4) is 17.2 Å². The molecule has 0 saturated carbocycles. The lowest BCUT2D eigenvalue weighted by Gasteiger charge is -2.18. The fraction of sp³-hybridized carbons (Fsp3) is 0.103. The molecule has 0 spiro atoms. The van der Waals surface area contributed by atoms with Gasteiger partial charge < -0.3 is 30.2 Å². The van der Waals surface area contributed by atoms with E-state index in [2.05, 4.69) is 31.9 Å². The van der Waals surface area contributed by atoms with Crippen molar-refractivity contribution in [2.75, 3.05) is 32.0 Å². The van der Waals surface area contributed by atoms with E-state index in [1.165, 1.54) is 51.3 Å². The number of anilines is 2. The number of rotatable bonds is 13. The van der Waals surface area contributed by atoms with Crippen LogP contribution in [0, 0.1) is 5.82 Å². The van der Waals surface area contributed by atoms with E-state index in [-0.39, 0.29) is 11.4 Å². The number of benzene rings is 5. The standard InChI is InChI=1S/C39H33BrFN3O6S/c1-48-33-23-35(50-3)34(49-2)21-26(33)20-32(44-37(45)25-12-8-5-9-13-25)38(46)42-28-15-17-29(18-16-28)51-36(24-10-6-4-7-11-24)39(47)43-31-19-14-27(40)22-30(31)41/h4-23,36H,1-3H3,(H,42,46)(H,43,47)(H,44,45)/b32-20-. The number of amides is 3. The number of hydrogen-bond donors (Lipinski definition) is 3. The highest BCUT2D eigenvalue weighted by atomic mass is 79.9. The molecule has 9 nitrogen and oxygen atoms in total. The van der Waals surface area contributed by atoms with E-state index >= 15 is 0 Å². The van der Waals surface area contributed by atoms with Gasteiger partial charge in [0, 0.05) is 32.2 Å². The molecule has 0 aliphatic heterocycles. The highest BCUT2D eigenvalue weighted by Crippen LogP contribution is 2.38. The zero-order chi connectivity index (χ0) is 36.3. The topological polar surface area (TPSA) is 115 Å². The third kappa shape index (κ3) is 9.56. The molecule has 0 aliphatic rings. The Morgan fingerprint density at radius 1 is 0.745 bits per heavy atom. The van der Waals surface area contributed by atoms with E-state index in [1.807, 2.05) is 30.3 Å². The van der Waals surface area contributed by atoms with Gasteiger partial charge in [-0.25, -0.2) is 4.39 Å². The minimum atomic E-state index is -0.714. The van der Waals surface area contributed by atoms with E-state index in [1.54, 1.807) is 72.8 Å². The molecule has 12 heteroatoms. The van der Waals surface area contributed by atoms with Crippen molar-refractivity contribution in [2.45, 2.75) is 10.1 Å². The maximum absolute atomic E-state index is 14.6. The van der Waals surface area contributed by atoms with Crippen LogP contribution in [0.25, 0.3) is 6.08 Å². The number of carbonyl (C=O) groups is 3. The predicted molar refractivity (Wildman–Crippen MR) is 201 cm³/mol. The SMILES string of the molecule is COc1cc(OC)c(OC)cc1/C=C(\NC(=O)c1ccccc1)C(=O)Nc1ccc(SC(C(=O)Nc2ccc(Br)cc2F)c2ccccc2)cc1. The van der Waals surface area contributed by atoms with Gasteiger partial charge in [0.25, 0.3) is 11.8 Å². The summed E-state index contributed by atoms with van der Waals surface area (Å²) in [5.41, 5.74) is 1.97. The fourth-order valence-corrected chi connectivity index (χ4v) is 6.26. The quantitative estimate of drug-likeness (QED) is 0.0813. The molecule has 1 unspecified atom stereocenters. The van der Waals surface area contributed by atoms with Gasteiger partial charge in [0.05, 0.1) is 27.0 Å². The molecule has 0 aliphatic carbocycles. The molecule has 260 valence electrons. The Kier molecular flexibility index (Phi) is 12.5. The van der Waals surface area contributed by atoms with Crippen molar-refractivity contribution in [3.63, 3.8) is 0 Å². The lowest BCUT2D eigenvalue weighted by atomic mass is 10.1. The molecule has 5 rings (SSSR count). The van der Waals surface area contributed by atoms with Crippen molar-refractivity contribution < 1.29 is 33.0 Å². The summed E-state index contributed by atoms with van der Waals surface area (Å²) in [6.07, 6.45) is 1.48. The second kappa shape index (κ2) is 17.4. The molecule has 0 aromatic heterocycles. The number of ether oxygens (including phenoxy) is 3. The third-order valence-corrected chi connectivity index (χ3v) is 9.22. The van der Waals surface area contributed by atoms with E-state index in [0.717, 1.165) is 10.5 Å². The van der Waals surface area contributed by atoms with Gasteiger partial charge in [-0.15, -0.1) is 11.8 Å². The Morgan fingerprint density at radius 3 is 2.00 bits per heavy atom. The molecule has 5 aromatic rings. The number of thioether (sulfide) groups is 1. The minimum absolute atomic E-state index is 0.0613. The summed E-state index contributed by atoms with van der Waals surface area (Å²) in [5.74, 6) is -0.849. The first kappa shape index (κ1) is 36.7. The maximum atomic E-state index is 14.6. The molecule has 0 fully saturated rings. The average Bonchev–Trinajstić information content (AvgIpc) is 3.15. The van der Waals surface area contributed by atoms with Crippen LogP contribution in [0.1, 0.15) is 26.7 Å². The molecule has 0 bridgehead atoms. The molecule has 3 amide bonds. The summed E-state index contributed by atoms with van der Waals surface area (Å²) in [6.45, 7) is 0. The first-order chi connectivity index (χ1) is 24.7. The Balaban J connectivity index is 1.39. The Labute approximate surface area is 307 Å². The van der Waals surface area contributed by atoms with E-state index in [0.29, 0.717) is 38.5 Å². The number of halogens is 2.